The first kappa shape index (κ1) is 11.3. The molecule has 2 unspecified atom stereocenters. The normalized spacial score (nSPS) is 37.1. The van der Waals surface area contributed by atoms with Gasteiger partial charge < -0.3 is 5.11 Å². The van der Waals surface area contributed by atoms with Crippen LogP contribution in [0.1, 0.15) is 32.6 Å². The molecule has 6 heteroatoms. The minimum atomic E-state index is -3.32. The third-order valence-corrected chi connectivity index (χ3v) is 5.05. The lowest BCUT2D eigenvalue weighted by Crippen LogP contribution is -2.52. The van der Waals surface area contributed by atoms with Gasteiger partial charge in [0, 0.05) is 18.6 Å². The Labute approximate surface area is 90.6 Å². The van der Waals surface area contributed by atoms with Gasteiger partial charge in [-0.2, -0.15) is 12.7 Å². The van der Waals surface area contributed by atoms with E-state index in [-0.39, 0.29) is 18.2 Å². The van der Waals surface area contributed by atoms with E-state index in [1.54, 1.807) is 11.2 Å². The number of hydrogen-bond donors (Lipinski definition) is 2. The predicted molar refractivity (Wildman–Crippen MR) is 56.5 cm³/mol. The maximum atomic E-state index is 11.9. The Hall–Kier alpha value is -0.170. The second-order valence-corrected chi connectivity index (χ2v) is 6.00. The van der Waals surface area contributed by atoms with Gasteiger partial charge in [-0.3, -0.25) is 0 Å². The summed E-state index contributed by atoms with van der Waals surface area (Å²) in [7, 11) is -3.32. The van der Waals surface area contributed by atoms with Crippen LogP contribution in [0.3, 0.4) is 0 Å². The summed E-state index contributed by atoms with van der Waals surface area (Å²) in [6, 6.07) is 0.00519. The van der Waals surface area contributed by atoms with Crippen molar-refractivity contribution in [1.82, 2.24) is 9.03 Å². The molecule has 0 amide bonds. The molecule has 0 aromatic carbocycles. The van der Waals surface area contributed by atoms with Crippen LogP contribution >= 0.6 is 0 Å². The van der Waals surface area contributed by atoms with Crippen molar-refractivity contribution in [2.24, 2.45) is 0 Å². The van der Waals surface area contributed by atoms with Crippen LogP contribution in [0.15, 0.2) is 0 Å². The van der Waals surface area contributed by atoms with Crippen LogP contribution in [-0.4, -0.2) is 42.6 Å². The van der Waals surface area contributed by atoms with Crippen LogP contribution in [0, 0.1) is 0 Å². The smallest absolute Gasteiger partial charge is 0.279 e. The first-order valence-corrected chi connectivity index (χ1v) is 6.94. The second-order valence-electron chi connectivity index (χ2n) is 4.34. The fourth-order valence-electron chi connectivity index (χ4n) is 2.75. The van der Waals surface area contributed by atoms with E-state index in [1.807, 2.05) is 0 Å². The Balaban J connectivity index is 2.18. The third kappa shape index (κ3) is 2.04. The molecule has 2 aliphatic heterocycles. The summed E-state index contributed by atoms with van der Waals surface area (Å²) in [5, 5.41) is 9.56. The van der Waals surface area contributed by atoms with E-state index >= 15 is 0 Å². The number of aliphatic hydroxyl groups is 1. The number of aliphatic hydroxyl groups excluding tert-OH is 1. The molecule has 0 spiro atoms. The van der Waals surface area contributed by atoms with E-state index in [4.69, 9.17) is 0 Å². The molecule has 2 rings (SSSR count). The molecule has 15 heavy (non-hydrogen) atoms. The standard InChI is InChI=1S/C9H18N2O3S/c1-2-10-15(13,14)11-7-3-4-8(11)6-9(12)5-7/h7-10,12H,2-6H2,1H3. The van der Waals surface area contributed by atoms with E-state index in [0.29, 0.717) is 19.4 Å². The molecule has 2 aliphatic rings. The molecule has 0 aliphatic carbocycles. The summed E-state index contributed by atoms with van der Waals surface area (Å²) in [4.78, 5) is 0. The van der Waals surface area contributed by atoms with Crippen LogP contribution in [0.25, 0.3) is 0 Å². The third-order valence-electron chi connectivity index (χ3n) is 3.25. The van der Waals surface area contributed by atoms with E-state index in [1.165, 1.54) is 0 Å². The molecular weight excluding hydrogens is 216 g/mol. The highest BCUT2D eigenvalue weighted by atomic mass is 32.2. The van der Waals surface area contributed by atoms with Gasteiger partial charge in [0.25, 0.3) is 10.2 Å². The average Bonchev–Trinajstić information content (AvgIpc) is 2.40. The molecule has 0 radical (unpaired) electrons. The van der Waals surface area contributed by atoms with Gasteiger partial charge >= 0.3 is 0 Å². The lowest BCUT2D eigenvalue weighted by molar-refractivity contribution is 0.0763. The fourth-order valence-corrected chi connectivity index (χ4v) is 4.44. The van der Waals surface area contributed by atoms with Gasteiger partial charge in [0.05, 0.1) is 6.10 Å². The molecule has 5 nitrogen and oxygen atoms in total. The topological polar surface area (TPSA) is 69.6 Å². The lowest BCUT2D eigenvalue weighted by atomic mass is 10.0. The van der Waals surface area contributed by atoms with Gasteiger partial charge in [-0.05, 0) is 25.7 Å². The zero-order valence-electron chi connectivity index (χ0n) is 8.89. The van der Waals surface area contributed by atoms with Gasteiger partial charge in [-0.25, -0.2) is 4.72 Å². The van der Waals surface area contributed by atoms with E-state index in [2.05, 4.69) is 4.72 Å². The summed E-state index contributed by atoms with van der Waals surface area (Å²) in [5.41, 5.74) is 0. The largest absolute Gasteiger partial charge is 0.393 e. The maximum Gasteiger partial charge on any atom is 0.279 e. The molecule has 88 valence electrons. The van der Waals surface area contributed by atoms with Crippen LogP contribution in [0.5, 0.6) is 0 Å². The van der Waals surface area contributed by atoms with Crippen molar-refractivity contribution in [3.63, 3.8) is 0 Å². The first-order valence-electron chi connectivity index (χ1n) is 5.50. The second kappa shape index (κ2) is 4.01. The van der Waals surface area contributed by atoms with Crippen molar-refractivity contribution >= 4 is 10.2 Å². The number of nitrogens with one attached hydrogen (secondary N) is 1. The zero-order valence-corrected chi connectivity index (χ0v) is 9.70. The van der Waals surface area contributed by atoms with Crippen molar-refractivity contribution in [1.29, 1.82) is 0 Å². The Morgan fingerprint density at radius 2 is 1.87 bits per heavy atom. The Morgan fingerprint density at radius 1 is 1.33 bits per heavy atom. The quantitative estimate of drug-likeness (QED) is 0.712. The van der Waals surface area contributed by atoms with E-state index in [9.17, 15) is 13.5 Å². The monoisotopic (exact) mass is 234 g/mol. The highest BCUT2D eigenvalue weighted by Crippen LogP contribution is 2.37. The molecule has 2 N–H and O–H groups in total. The Kier molecular flexibility index (Phi) is 3.03. The van der Waals surface area contributed by atoms with Crippen LogP contribution in [-0.2, 0) is 10.2 Å². The van der Waals surface area contributed by atoms with Crippen LogP contribution < -0.4 is 4.72 Å². The number of fused-ring (bicyclic) bond motifs is 2. The molecule has 0 aromatic rings. The predicted octanol–water partition coefficient (Wildman–Crippen LogP) is -0.172. The maximum absolute atomic E-state index is 11.9. The number of hydrogen-bond acceptors (Lipinski definition) is 3. The molecule has 2 bridgehead atoms. The number of nitrogens with zero attached hydrogens (tertiary/aromatic N) is 1. The molecule has 0 saturated carbocycles. The van der Waals surface area contributed by atoms with Crippen molar-refractivity contribution in [3.8, 4) is 0 Å². The summed E-state index contributed by atoms with van der Waals surface area (Å²) in [6.07, 6.45) is 2.61. The van der Waals surface area contributed by atoms with Gasteiger partial charge in [-0.1, -0.05) is 6.92 Å². The SMILES string of the molecule is CCNS(=O)(=O)N1C2CCC1CC(O)C2. The van der Waals surface area contributed by atoms with E-state index < -0.39 is 10.2 Å². The van der Waals surface area contributed by atoms with Gasteiger partial charge in [0.1, 0.15) is 0 Å². The van der Waals surface area contributed by atoms with Crippen molar-refractivity contribution in [2.45, 2.75) is 50.8 Å². The molecule has 2 saturated heterocycles. The minimum Gasteiger partial charge on any atom is -0.393 e. The van der Waals surface area contributed by atoms with Crippen molar-refractivity contribution < 1.29 is 13.5 Å². The summed E-state index contributed by atoms with van der Waals surface area (Å²) in [5.74, 6) is 0. The van der Waals surface area contributed by atoms with Crippen LogP contribution in [0.2, 0.25) is 0 Å². The fraction of sp³-hybridized carbons (Fsp3) is 1.00. The number of piperidine rings is 1. The van der Waals surface area contributed by atoms with Crippen LogP contribution in [0.4, 0.5) is 0 Å². The zero-order chi connectivity index (χ0) is 11.1. The molecule has 0 aromatic heterocycles. The summed E-state index contributed by atoms with van der Waals surface area (Å²) in [6.45, 7) is 2.19. The molecule has 2 atom stereocenters. The molecular formula is C9H18N2O3S. The lowest BCUT2D eigenvalue weighted by Gasteiger charge is -2.35. The highest BCUT2D eigenvalue weighted by Gasteiger charge is 2.46. The first-order chi connectivity index (χ1) is 7.04. The van der Waals surface area contributed by atoms with Crippen molar-refractivity contribution in [3.05, 3.63) is 0 Å². The van der Waals surface area contributed by atoms with Gasteiger partial charge in [0.2, 0.25) is 0 Å². The molecule has 2 heterocycles. The minimum absolute atomic E-state index is 0.00259. The summed E-state index contributed by atoms with van der Waals surface area (Å²) >= 11 is 0. The summed E-state index contributed by atoms with van der Waals surface area (Å²) < 4.78 is 27.9. The molecule has 2 fully saturated rings. The Bertz CT molecular complexity index is 316. The van der Waals surface area contributed by atoms with Crippen molar-refractivity contribution in [2.75, 3.05) is 6.54 Å². The Morgan fingerprint density at radius 3 is 2.33 bits per heavy atom. The van der Waals surface area contributed by atoms with E-state index in [0.717, 1.165) is 12.8 Å². The highest BCUT2D eigenvalue weighted by molar-refractivity contribution is 7.87. The van der Waals surface area contributed by atoms with Gasteiger partial charge in [0.15, 0.2) is 0 Å². The average molecular weight is 234 g/mol. The number of rotatable bonds is 3. The van der Waals surface area contributed by atoms with Gasteiger partial charge in [-0.15, -0.1) is 0 Å².